The fourth-order valence-electron chi connectivity index (χ4n) is 1.24. The average molecular weight is 238 g/mol. The molecule has 15 heavy (non-hydrogen) atoms. The summed E-state index contributed by atoms with van der Waals surface area (Å²) in [5, 5.41) is 0. The lowest BCUT2D eigenvalue weighted by atomic mass is 10.1. The van der Waals surface area contributed by atoms with Crippen LogP contribution in [-0.4, -0.2) is 24.9 Å². The molecule has 0 heterocycles. The minimum Gasteiger partial charge on any atom is -0.300 e. The van der Waals surface area contributed by atoms with Gasteiger partial charge in [-0.25, -0.2) is 4.18 Å². The molecule has 1 unspecified atom stereocenters. The van der Waals surface area contributed by atoms with Crippen molar-refractivity contribution >= 4 is 16.2 Å². The Labute approximate surface area is 90.8 Å². The van der Waals surface area contributed by atoms with Crippen LogP contribution in [0.2, 0.25) is 0 Å². The molecule has 0 aromatic rings. The van der Waals surface area contributed by atoms with Gasteiger partial charge in [-0.2, -0.15) is 8.42 Å². The standard InChI is InChI=1S/C9H18O5S/c1-3-9(14-15(11,12)13)7-5-4-6-8(2)10/h9H,3-7H2,1-2H3,(H,11,12,13). The van der Waals surface area contributed by atoms with E-state index >= 15 is 0 Å². The predicted molar refractivity (Wildman–Crippen MR) is 55.9 cm³/mol. The van der Waals surface area contributed by atoms with E-state index in [-0.39, 0.29) is 5.78 Å². The van der Waals surface area contributed by atoms with E-state index < -0.39 is 16.5 Å². The zero-order chi connectivity index (χ0) is 11.9. The molecule has 0 rings (SSSR count). The van der Waals surface area contributed by atoms with Crippen molar-refractivity contribution in [2.75, 3.05) is 0 Å². The molecule has 0 spiro atoms. The third kappa shape index (κ3) is 9.84. The molecule has 1 N–H and O–H groups in total. The Morgan fingerprint density at radius 2 is 2.00 bits per heavy atom. The van der Waals surface area contributed by atoms with Gasteiger partial charge >= 0.3 is 10.4 Å². The molecule has 0 aliphatic carbocycles. The quantitative estimate of drug-likeness (QED) is 0.514. The maximum atomic E-state index is 10.6. The lowest BCUT2D eigenvalue weighted by molar-refractivity contribution is -0.117. The van der Waals surface area contributed by atoms with E-state index in [1.165, 1.54) is 6.92 Å². The van der Waals surface area contributed by atoms with Gasteiger partial charge < -0.3 is 4.79 Å². The van der Waals surface area contributed by atoms with E-state index in [4.69, 9.17) is 4.55 Å². The number of rotatable bonds is 8. The zero-order valence-electron chi connectivity index (χ0n) is 9.10. The summed E-state index contributed by atoms with van der Waals surface area (Å²) in [5.74, 6) is 0.124. The summed E-state index contributed by atoms with van der Waals surface area (Å²) < 4.78 is 33.7. The predicted octanol–water partition coefficient (Wildman–Crippen LogP) is 1.73. The zero-order valence-corrected chi connectivity index (χ0v) is 9.92. The minimum absolute atomic E-state index is 0.124. The summed E-state index contributed by atoms with van der Waals surface area (Å²) in [4.78, 5) is 10.6. The first-order valence-electron chi connectivity index (χ1n) is 5.00. The Balaban J connectivity index is 3.76. The first-order chi connectivity index (χ1) is 6.85. The second-order valence-electron chi connectivity index (χ2n) is 3.50. The summed E-state index contributed by atoms with van der Waals surface area (Å²) in [7, 11) is -4.36. The highest BCUT2D eigenvalue weighted by atomic mass is 32.3. The smallest absolute Gasteiger partial charge is 0.300 e. The van der Waals surface area contributed by atoms with E-state index in [1.54, 1.807) is 6.92 Å². The normalized spacial score (nSPS) is 13.8. The Morgan fingerprint density at radius 3 is 2.40 bits per heavy atom. The number of carbonyl (C=O) groups is 1. The SMILES string of the molecule is CCC(CCCCC(C)=O)OS(=O)(=O)O. The van der Waals surface area contributed by atoms with Gasteiger partial charge in [-0.1, -0.05) is 13.3 Å². The lowest BCUT2D eigenvalue weighted by Gasteiger charge is -2.12. The third-order valence-corrected chi connectivity index (χ3v) is 2.53. The van der Waals surface area contributed by atoms with Gasteiger partial charge in [0, 0.05) is 6.42 Å². The first kappa shape index (κ1) is 14.5. The van der Waals surface area contributed by atoms with Crippen molar-refractivity contribution in [1.29, 1.82) is 0 Å². The van der Waals surface area contributed by atoms with Crippen molar-refractivity contribution in [3.63, 3.8) is 0 Å². The second kappa shape index (κ2) is 6.92. The average Bonchev–Trinajstić information content (AvgIpc) is 2.08. The number of ketones is 1. The Bertz CT molecular complexity index is 283. The van der Waals surface area contributed by atoms with Crippen LogP contribution in [0.4, 0.5) is 0 Å². The fourth-order valence-corrected chi connectivity index (χ4v) is 1.81. The van der Waals surface area contributed by atoms with Gasteiger partial charge in [0.2, 0.25) is 0 Å². The summed E-state index contributed by atoms with van der Waals surface area (Å²) in [6, 6.07) is 0. The topological polar surface area (TPSA) is 80.7 Å². The number of Topliss-reactive ketones (excluding diaryl/α,β-unsaturated/α-hetero) is 1. The largest absolute Gasteiger partial charge is 0.397 e. The summed E-state index contributed by atoms with van der Waals surface area (Å²) in [6.07, 6.45) is 2.49. The number of unbranched alkanes of at least 4 members (excludes halogenated alkanes) is 1. The van der Waals surface area contributed by atoms with Gasteiger partial charge in [-0.3, -0.25) is 4.55 Å². The van der Waals surface area contributed by atoms with Crippen LogP contribution in [-0.2, 0) is 19.4 Å². The van der Waals surface area contributed by atoms with E-state index in [0.29, 0.717) is 25.7 Å². The highest BCUT2D eigenvalue weighted by molar-refractivity contribution is 7.80. The molecule has 0 fully saturated rings. The van der Waals surface area contributed by atoms with Crippen LogP contribution >= 0.6 is 0 Å². The minimum atomic E-state index is -4.36. The van der Waals surface area contributed by atoms with E-state index in [1.807, 2.05) is 0 Å². The molecule has 0 radical (unpaired) electrons. The van der Waals surface area contributed by atoms with E-state index in [2.05, 4.69) is 4.18 Å². The molecule has 0 aliphatic heterocycles. The summed E-state index contributed by atoms with van der Waals surface area (Å²) >= 11 is 0. The number of hydrogen-bond acceptors (Lipinski definition) is 4. The number of carbonyl (C=O) groups excluding carboxylic acids is 1. The molecule has 0 bridgehead atoms. The Morgan fingerprint density at radius 1 is 1.40 bits per heavy atom. The first-order valence-corrected chi connectivity index (χ1v) is 6.36. The van der Waals surface area contributed by atoms with Crippen LogP contribution in [0.1, 0.15) is 46.0 Å². The van der Waals surface area contributed by atoms with Crippen molar-refractivity contribution in [3.8, 4) is 0 Å². The molecule has 5 nitrogen and oxygen atoms in total. The second-order valence-corrected chi connectivity index (χ2v) is 4.55. The van der Waals surface area contributed by atoms with Crippen LogP contribution in [0.5, 0.6) is 0 Å². The third-order valence-electron chi connectivity index (χ3n) is 2.02. The maximum Gasteiger partial charge on any atom is 0.397 e. The van der Waals surface area contributed by atoms with E-state index in [0.717, 1.165) is 6.42 Å². The van der Waals surface area contributed by atoms with Crippen molar-refractivity contribution < 1.29 is 21.9 Å². The fraction of sp³-hybridized carbons (Fsp3) is 0.889. The molecule has 6 heteroatoms. The molecule has 1 atom stereocenters. The van der Waals surface area contributed by atoms with Crippen molar-refractivity contribution in [2.24, 2.45) is 0 Å². The van der Waals surface area contributed by atoms with Gasteiger partial charge in [-0.05, 0) is 26.2 Å². The number of hydrogen-bond donors (Lipinski definition) is 1. The van der Waals surface area contributed by atoms with E-state index in [9.17, 15) is 13.2 Å². The van der Waals surface area contributed by atoms with Crippen LogP contribution in [0.15, 0.2) is 0 Å². The van der Waals surface area contributed by atoms with Gasteiger partial charge in [0.25, 0.3) is 0 Å². The van der Waals surface area contributed by atoms with Gasteiger partial charge in [-0.15, -0.1) is 0 Å². The molecule has 90 valence electrons. The highest BCUT2D eigenvalue weighted by Crippen LogP contribution is 2.12. The lowest BCUT2D eigenvalue weighted by Crippen LogP contribution is -2.17. The van der Waals surface area contributed by atoms with Crippen LogP contribution < -0.4 is 0 Å². The van der Waals surface area contributed by atoms with Crippen LogP contribution in [0.3, 0.4) is 0 Å². The Kier molecular flexibility index (Phi) is 6.71. The van der Waals surface area contributed by atoms with Gasteiger partial charge in [0.15, 0.2) is 0 Å². The van der Waals surface area contributed by atoms with Crippen LogP contribution in [0, 0.1) is 0 Å². The summed E-state index contributed by atoms with van der Waals surface area (Å²) in [6.45, 7) is 3.30. The molecule has 0 aromatic carbocycles. The molecule has 0 saturated heterocycles. The monoisotopic (exact) mass is 238 g/mol. The van der Waals surface area contributed by atoms with Crippen molar-refractivity contribution in [3.05, 3.63) is 0 Å². The molecular weight excluding hydrogens is 220 g/mol. The highest BCUT2D eigenvalue weighted by Gasteiger charge is 2.14. The maximum absolute atomic E-state index is 10.6. The van der Waals surface area contributed by atoms with Crippen molar-refractivity contribution in [1.82, 2.24) is 0 Å². The van der Waals surface area contributed by atoms with Gasteiger partial charge in [0.1, 0.15) is 5.78 Å². The molecular formula is C9H18O5S. The molecule has 0 aliphatic rings. The van der Waals surface area contributed by atoms with Gasteiger partial charge in [0.05, 0.1) is 6.10 Å². The molecule has 0 aromatic heterocycles. The van der Waals surface area contributed by atoms with Crippen LogP contribution in [0.25, 0.3) is 0 Å². The Hall–Kier alpha value is -0.460. The summed E-state index contributed by atoms with van der Waals surface area (Å²) in [5.41, 5.74) is 0. The molecule has 0 saturated carbocycles. The van der Waals surface area contributed by atoms with Crippen molar-refractivity contribution in [2.45, 2.75) is 52.1 Å². The molecule has 0 amide bonds.